The van der Waals surface area contributed by atoms with Crippen LogP contribution in [-0.2, 0) is 20.8 Å². The number of amides is 3. The number of benzene rings is 1. The quantitative estimate of drug-likeness (QED) is 0.828. The van der Waals surface area contributed by atoms with Crippen molar-refractivity contribution in [3.8, 4) is 0 Å². The second-order valence-electron chi connectivity index (χ2n) is 7.85. The molecule has 0 spiro atoms. The number of nitrogens with zero attached hydrogens (tertiary/aromatic N) is 3. The molecular formula is C23H26N4O3. The number of carbonyl (C=O) groups excluding carboxylic acids is 3. The van der Waals surface area contributed by atoms with Crippen LogP contribution in [0.2, 0.25) is 0 Å². The SMILES string of the molecule is CCC(=O)N1CCc2cc(N3C[C@H](C(=O)N[C@@H](C)c4ccccn4)CC3=O)ccc21. The van der Waals surface area contributed by atoms with Gasteiger partial charge in [0.15, 0.2) is 0 Å². The van der Waals surface area contributed by atoms with Crippen molar-refractivity contribution in [1.29, 1.82) is 0 Å². The van der Waals surface area contributed by atoms with E-state index in [9.17, 15) is 14.4 Å². The summed E-state index contributed by atoms with van der Waals surface area (Å²) in [6, 6.07) is 11.1. The van der Waals surface area contributed by atoms with Gasteiger partial charge >= 0.3 is 0 Å². The van der Waals surface area contributed by atoms with Gasteiger partial charge in [-0.25, -0.2) is 0 Å². The van der Waals surface area contributed by atoms with Crippen LogP contribution in [0.1, 0.15) is 44.0 Å². The minimum atomic E-state index is -0.393. The van der Waals surface area contributed by atoms with Crippen LogP contribution in [0.4, 0.5) is 11.4 Å². The van der Waals surface area contributed by atoms with E-state index >= 15 is 0 Å². The van der Waals surface area contributed by atoms with E-state index in [2.05, 4.69) is 10.3 Å². The first-order valence-electron chi connectivity index (χ1n) is 10.4. The summed E-state index contributed by atoms with van der Waals surface area (Å²) < 4.78 is 0. The predicted molar refractivity (Wildman–Crippen MR) is 114 cm³/mol. The van der Waals surface area contributed by atoms with Gasteiger partial charge in [-0.15, -0.1) is 0 Å². The van der Waals surface area contributed by atoms with E-state index in [4.69, 9.17) is 0 Å². The molecule has 1 saturated heterocycles. The van der Waals surface area contributed by atoms with Gasteiger partial charge in [0, 0.05) is 43.5 Å². The first-order valence-corrected chi connectivity index (χ1v) is 10.4. The predicted octanol–water partition coefficient (Wildman–Crippen LogP) is 2.61. The monoisotopic (exact) mass is 406 g/mol. The lowest BCUT2D eigenvalue weighted by Crippen LogP contribution is -2.34. The molecule has 156 valence electrons. The fourth-order valence-electron chi connectivity index (χ4n) is 4.18. The molecule has 1 aromatic carbocycles. The third-order valence-corrected chi connectivity index (χ3v) is 5.86. The molecule has 1 N–H and O–H groups in total. The Morgan fingerprint density at radius 2 is 2.10 bits per heavy atom. The molecule has 0 unspecified atom stereocenters. The van der Waals surface area contributed by atoms with Crippen LogP contribution in [0, 0.1) is 5.92 Å². The minimum Gasteiger partial charge on any atom is -0.348 e. The van der Waals surface area contributed by atoms with E-state index < -0.39 is 5.92 Å². The first-order chi connectivity index (χ1) is 14.5. The van der Waals surface area contributed by atoms with Crippen molar-refractivity contribution in [1.82, 2.24) is 10.3 Å². The Hall–Kier alpha value is -3.22. The maximum Gasteiger partial charge on any atom is 0.227 e. The molecule has 4 rings (SSSR count). The number of fused-ring (bicyclic) bond motifs is 1. The van der Waals surface area contributed by atoms with E-state index in [0.29, 0.717) is 19.5 Å². The molecule has 2 aliphatic heterocycles. The Morgan fingerprint density at radius 1 is 1.27 bits per heavy atom. The molecule has 7 heteroatoms. The van der Waals surface area contributed by atoms with Gasteiger partial charge in [0.25, 0.3) is 0 Å². The molecule has 30 heavy (non-hydrogen) atoms. The van der Waals surface area contributed by atoms with E-state index in [0.717, 1.165) is 29.1 Å². The number of anilines is 2. The van der Waals surface area contributed by atoms with Crippen molar-refractivity contribution >= 4 is 29.1 Å². The maximum absolute atomic E-state index is 12.7. The molecule has 7 nitrogen and oxygen atoms in total. The zero-order chi connectivity index (χ0) is 21.3. The van der Waals surface area contributed by atoms with Gasteiger partial charge in [0.2, 0.25) is 17.7 Å². The van der Waals surface area contributed by atoms with Gasteiger partial charge in [0.1, 0.15) is 0 Å². The van der Waals surface area contributed by atoms with Crippen LogP contribution in [0.5, 0.6) is 0 Å². The lowest BCUT2D eigenvalue weighted by atomic mass is 10.1. The zero-order valence-corrected chi connectivity index (χ0v) is 17.3. The van der Waals surface area contributed by atoms with Crippen molar-refractivity contribution in [3.05, 3.63) is 53.9 Å². The summed E-state index contributed by atoms with van der Waals surface area (Å²) >= 11 is 0. The smallest absolute Gasteiger partial charge is 0.227 e. The molecule has 2 aliphatic rings. The number of carbonyl (C=O) groups is 3. The van der Waals surface area contributed by atoms with E-state index in [1.54, 1.807) is 16.0 Å². The number of nitrogens with one attached hydrogen (secondary N) is 1. The molecule has 0 aliphatic carbocycles. The number of aromatic nitrogens is 1. The van der Waals surface area contributed by atoms with Crippen molar-refractivity contribution in [2.75, 3.05) is 22.9 Å². The van der Waals surface area contributed by atoms with Gasteiger partial charge < -0.3 is 15.1 Å². The number of hydrogen-bond donors (Lipinski definition) is 1. The van der Waals surface area contributed by atoms with Crippen molar-refractivity contribution in [2.45, 2.75) is 39.2 Å². The molecule has 0 radical (unpaired) electrons. The van der Waals surface area contributed by atoms with Crippen molar-refractivity contribution in [2.24, 2.45) is 5.92 Å². The van der Waals surface area contributed by atoms with Crippen LogP contribution >= 0.6 is 0 Å². The van der Waals surface area contributed by atoms with Gasteiger partial charge in [-0.05, 0) is 49.2 Å². The Morgan fingerprint density at radius 3 is 2.83 bits per heavy atom. The standard InChI is InChI=1S/C23H26N4O3/c1-3-21(28)26-11-9-16-12-18(7-8-20(16)26)27-14-17(13-22(27)29)23(30)25-15(2)19-6-4-5-10-24-19/h4-8,10,12,15,17H,3,9,11,13-14H2,1-2H3,(H,25,30)/t15-,17+/m0/s1. The van der Waals surface area contributed by atoms with Gasteiger partial charge in [-0.3, -0.25) is 19.4 Å². The fraction of sp³-hybridized carbons (Fsp3) is 0.391. The zero-order valence-electron chi connectivity index (χ0n) is 17.3. The van der Waals surface area contributed by atoms with Crippen LogP contribution in [0.25, 0.3) is 0 Å². The summed E-state index contributed by atoms with van der Waals surface area (Å²) in [6.07, 6.45) is 3.14. The fourth-order valence-corrected chi connectivity index (χ4v) is 4.18. The Bertz CT molecular complexity index is 976. The van der Waals surface area contributed by atoms with Crippen LogP contribution < -0.4 is 15.1 Å². The molecule has 0 saturated carbocycles. The Balaban J connectivity index is 1.44. The van der Waals surface area contributed by atoms with Gasteiger partial charge in [0.05, 0.1) is 17.7 Å². The average Bonchev–Trinajstić information content (AvgIpc) is 3.36. The van der Waals surface area contributed by atoms with Crippen molar-refractivity contribution in [3.63, 3.8) is 0 Å². The highest BCUT2D eigenvalue weighted by molar-refractivity contribution is 6.01. The molecule has 1 fully saturated rings. The largest absolute Gasteiger partial charge is 0.348 e. The lowest BCUT2D eigenvalue weighted by Gasteiger charge is -2.20. The summed E-state index contributed by atoms with van der Waals surface area (Å²) in [6.45, 7) is 4.78. The normalized spacial score (nSPS) is 19.0. The summed E-state index contributed by atoms with van der Waals surface area (Å²) in [5, 5.41) is 2.97. The Labute approximate surface area is 176 Å². The van der Waals surface area contributed by atoms with Crippen molar-refractivity contribution < 1.29 is 14.4 Å². The highest BCUT2D eigenvalue weighted by Gasteiger charge is 2.36. The number of hydrogen-bond acceptors (Lipinski definition) is 4. The van der Waals surface area contributed by atoms with Gasteiger partial charge in [-0.2, -0.15) is 0 Å². The third-order valence-electron chi connectivity index (χ3n) is 5.86. The highest BCUT2D eigenvalue weighted by Crippen LogP contribution is 2.34. The summed E-state index contributed by atoms with van der Waals surface area (Å²) in [5.74, 6) is -0.474. The Kier molecular flexibility index (Phi) is 5.53. The summed E-state index contributed by atoms with van der Waals surface area (Å²) in [7, 11) is 0. The van der Waals surface area contributed by atoms with E-state index in [1.165, 1.54) is 0 Å². The number of pyridine rings is 1. The molecule has 3 amide bonds. The molecular weight excluding hydrogens is 380 g/mol. The van der Waals surface area contributed by atoms with Crippen LogP contribution in [0.15, 0.2) is 42.6 Å². The van der Waals surface area contributed by atoms with E-state index in [1.807, 2.05) is 50.2 Å². The molecule has 0 bridgehead atoms. The van der Waals surface area contributed by atoms with Crippen LogP contribution in [0.3, 0.4) is 0 Å². The molecule has 2 aromatic rings. The molecule has 3 heterocycles. The van der Waals surface area contributed by atoms with Gasteiger partial charge in [-0.1, -0.05) is 13.0 Å². The number of rotatable bonds is 5. The minimum absolute atomic E-state index is 0.0555. The van der Waals surface area contributed by atoms with E-state index in [-0.39, 0.29) is 30.2 Å². The molecule has 1 aromatic heterocycles. The third kappa shape index (κ3) is 3.79. The maximum atomic E-state index is 12.7. The molecule has 2 atom stereocenters. The second-order valence-corrected chi connectivity index (χ2v) is 7.85. The highest BCUT2D eigenvalue weighted by atomic mass is 16.2. The van der Waals surface area contributed by atoms with Crippen LogP contribution in [-0.4, -0.2) is 35.8 Å². The first kappa shape index (κ1) is 20.1. The average molecular weight is 406 g/mol. The topological polar surface area (TPSA) is 82.6 Å². The summed E-state index contributed by atoms with van der Waals surface area (Å²) in [4.78, 5) is 45.2. The summed E-state index contributed by atoms with van der Waals surface area (Å²) in [5.41, 5.74) is 3.57. The lowest BCUT2D eigenvalue weighted by molar-refractivity contribution is -0.126. The second kappa shape index (κ2) is 8.26.